The van der Waals surface area contributed by atoms with Crippen LogP contribution in [0.25, 0.3) is 0 Å². The number of likely N-dealkylation sites (tertiary alicyclic amines) is 1. The first-order chi connectivity index (χ1) is 11.7. The smallest absolute Gasteiger partial charge is 0.406 e. The van der Waals surface area contributed by atoms with E-state index in [1.54, 1.807) is 0 Å². The Hall–Kier alpha value is -2.45. The zero-order chi connectivity index (χ0) is 18.1. The Morgan fingerprint density at radius 2 is 1.64 bits per heavy atom. The molecule has 1 aliphatic carbocycles. The van der Waals surface area contributed by atoms with Crippen LogP contribution in [-0.2, 0) is 0 Å². The van der Waals surface area contributed by atoms with Gasteiger partial charge in [0.05, 0.1) is 5.69 Å². The lowest BCUT2D eigenvalue weighted by Crippen LogP contribution is -2.44. The Morgan fingerprint density at radius 3 is 2.16 bits per heavy atom. The maximum atomic E-state index is 12.1. The molecule has 1 aliphatic heterocycles. The zero-order valence-corrected chi connectivity index (χ0v) is 13.6. The largest absolute Gasteiger partial charge is 0.573 e. The monoisotopic (exact) mass is 355 g/mol. The Bertz CT molecular complexity index is 670. The van der Waals surface area contributed by atoms with Gasteiger partial charge in [-0.1, -0.05) is 0 Å². The van der Waals surface area contributed by atoms with Crippen molar-refractivity contribution in [3.63, 3.8) is 0 Å². The molecule has 3 rings (SSSR count). The molecular weight excluding hydrogens is 335 g/mol. The van der Waals surface area contributed by atoms with Gasteiger partial charge in [0.2, 0.25) is 5.96 Å². The first-order valence-corrected chi connectivity index (χ1v) is 8.04. The number of benzene rings is 1. The Kier molecular flexibility index (Phi) is 4.49. The summed E-state index contributed by atoms with van der Waals surface area (Å²) < 4.78 is 40.1. The highest BCUT2D eigenvalue weighted by molar-refractivity contribution is 5.94. The minimum atomic E-state index is -4.73. The molecule has 136 valence electrons. The summed E-state index contributed by atoms with van der Waals surface area (Å²) in [5.41, 5.74) is 12.6. The number of aliphatic imine (C=N–C) groups is 2. The third-order valence-corrected chi connectivity index (χ3v) is 4.65. The van der Waals surface area contributed by atoms with E-state index in [1.165, 1.54) is 25.0 Å². The number of alkyl halides is 3. The number of nitrogens with two attached hydrogens (primary N) is 2. The molecule has 0 atom stereocenters. The summed E-state index contributed by atoms with van der Waals surface area (Å²) in [6.07, 6.45) is 0.100. The van der Waals surface area contributed by atoms with Gasteiger partial charge in [-0.15, -0.1) is 13.2 Å². The number of halogens is 3. The van der Waals surface area contributed by atoms with E-state index in [-0.39, 0.29) is 11.7 Å². The normalized spacial score (nSPS) is 20.7. The number of nitrogens with zero attached hydrogens (tertiary/aromatic N) is 3. The van der Waals surface area contributed by atoms with Gasteiger partial charge < -0.3 is 21.1 Å². The molecule has 4 N–H and O–H groups in total. The molecule has 0 aromatic heterocycles. The summed E-state index contributed by atoms with van der Waals surface area (Å²) in [5.74, 6) is -0.0576. The number of guanidine groups is 2. The molecule has 1 saturated carbocycles. The Morgan fingerprint density at radius 1 is 1.04 bits per heavy atom. The van der Waals surface area contributed by atoms with Crippen LogP contribution in [0.5, 0.6) is 5.75 Å². The van der Waals surface area contributed by atoms with Crippen LogP contribution in [0.1, 0.15) is 25.7 Å². The van der Waals surface area contributed by atoms with Crippen molar-refractivity contribution in [3.8, 4) is 5.75 Å². The van der Waals surface area contributed by atoms with Crippen molar-refractivity contribution < 1.29 is 17.9 Å². The predicted molar refractivity (Wildman–Crippen MR) is 88.5 cm³/mol. The van der Waals surface area contributed by atoms with E-state index < -0.39 is 6.36 Å². The average Bonchev–Trinajstić information content (AvgIpc) is 3.27. The van der Waals surface area contributed by atoms with Crippen LogP contribution in [-0.4, -0.2) is 36.3 Å². The van der Waals surface area contributed by atoms with Crippen LogP contribution in [0.4, 0.5) is 18.9 Å². The van der Waals surface area contributed by atoms with E-state index in [0.717, 1.165) is 38.1 Å². The number of ether oxygens (including phenoxy) is 1. The second-order valence-electron chi connectivity index (χ2n) is 6.47. The molecule has 2 aliphatic rings. The van der Waals surface area contributed by atoms with Crippen LogP contribution >= 0.6 is 0 Å². The minimum Gasteiger partial charge on any atom is -0.406 e. The van der Waals surface area contributed by atoms with Crippen molar-refractivity contribution in [2.75, 3.05) is 13.1 Å². The van der Waals surface area contributed by atoms with Gasteiger partial charge in [0.15, 0.2) is 5.96 Å². The lowest BCUT2D eigenvalue weighted by molar-refractivity contribution is -0.274. The second kappa shape index (κ2) is 6.45. The van der Waals surface area contributed by atoms with E-state index in [4.69, 9.17) is 11.5 Å². The molecule has 0 unspecified atom stereocenters. The molecule has 0 amide bonds. The first-order valence-electron chi connectivity index (χ1n) is 8.04. The van der Waals surface area contributed by atoms with Crippen LogP contribution in [0.2, 0.25) is 0 Å². The van der Waals surface area contributed by atoms with Crippen molar-refractivity contribution in [1.29, 1.82) is 0 Å². The number of piperidine rings is 1. The maximum Gasteiger partial charge on any atom is 0.573 e. The summed E-state index contributed by atoms with van der Waals surface area (Å²) in [6.45, 7) is 1.71. The molecule has 0 bridgehead atoms. The van der Waals surface area contributed by atoms with Gasteiger partial charge in [0, 0.05) is 13.1 Å². The maximum absolute atomic E-state index is 12.1. The highest BCUT2D eigenvalue weighted by Crippen LogP contribution is 2.53. The van der Waals surface area contributed by atoms with E-state index in [1.807, 2.05) is 4.90 Å². The molecular formula is C16H20F3N5O. The minimum absolute atomic E-state index is 0.0475. The third kappa shape index (κ3) is 4.77. The van der Waals surface area contributed by atoms with Gasteiger partial charge in [-0.25, -0.2) is 4.99 Å². The summed E-state index contributed by atoms with van der Waals surface area (Å²) in [6, 6.07) is 5.04. The van der Waals surface area contributed by atoms with E-state index in [2.05, 4.69) is 14.7 Å². The lowest BCUT2D eigenvalue weighted by Gasteiger charge is -2.32. The van der Waals surface area contributed by atoms with Crippen molar-refractivity contribution in [2.45, 2.75) is 32.0 Å². The quantitative estimate of drug-likeness (QED) is 0.631. The molecule has 1 aromatic carbocycles. The third-order valence-electron chi connectivity index (χ3n) is 4.65. The first kappa shape index (κ1) is 17.4. The zero-order valence-electron chi connectivity index (χ0n) is 13.6. The molecule has 9 heteroatoms. The highest BCUT2D eigenvalue weighted by Gasteiger charge is 2.44. The van der Waals surface area contributed by atoms with Gasteiger partial charge in [-0.2, -0.15) is 4.99 Å². The van der Waals surface area contributed by atoms with Gasteiger partial charge in [0.1, 0.15) is 5.75 Å². The molecule has 2 fully saturated rings. The SMILES string of the molecule is NC(=Nc1ccc(OC(F)(F)F)cc1)N=C(N)N1CCC2(CC1)CC2. The lowest BCUT2D eigenvalue weighted by atomic mass is 9.94. The molecule has 1 saturated heterocycles. The number of rotatable bonds is 2. The molecule has 1 heterocycles. The van der Waals surface area contributed by atoms with Crippen molar-refractivity contribution >= 4 is 17.6 Å². The molecule has 0 radical (unpaired) electrons. The standard InChI is InChI=1S/C16H20F3N5O/c17-16(18,19)25-12-3-1-11(2-4-12)22-13(20)23-14(21)24-9-7-15(5-6-15)8-10-24/h1-4H,5-10H2,(H4,20,21,22,23). The topological polar surface area (TPSA) is 89.2 Å². The summed E-state index contributed by atoms with van der Waals surface area (Å²) in [5, 5.41) is 0. The van der Waals surface area contributed by atoms with E-state index in [9.17, 15) is 13.2 Å². The van der Waals surface area contributed by atoms with Gasteiger partial charge in [-0.05, 0) is 55.4 Å². The van der Waals surface area contributed by atoms with Crippen molar-refractivity contribution in [3.05, 3.63) is 24.3 Å². The number of hydrogen-bond donors (Lipinski definition) is 2. The van der Waals surface area contributed by atoms with Gasteiger partial charge in [-0.3, -0.25) is 0 Å². The van der Waals surface area contributed by atoms with E-state index >= 15 is 0 Å². The average molecular weight is 355 g/mol. The number of hydrogen-bond acceptors (Lipinski definition) is 2. The van der Waals surface area contributed by atoms with Crippen LogP contribution in [0.15, 0.2) is 34.3 Å². The van der Waals surface area contributed by atoms with Crippen molar-refractivity contribution in [1.82, 2.24) is 4.90 Å². The molecule has 1 spiro atoms. The Labute approximate surface area is 143 Å². The fraction of sp³-hybridized carbons (Fsp3) is 0.500. The summed E-state index contributed by atoms with van der Waals surface area (Å²) >= 11 is 0. The highest BCUT2D eigenvalue weighted by atomic mass is 19.4. The summed E-state index contributed by atoms with van der Waals surface area (Å²) in [4.78, 5) is 10.1. The van der Waals surface area contributed by atoms with Crippen LogP contribution < -0.4 is 16.2 Å². The van der Waals surface area contributed by atoms with Gasteiger partial charge in [0.25, 0.3) is 0 Å². The molecule has 6 nitrogen and oxygen atoms in total. The van der Waals surface area contributed by atoms with Crippen LogP contribution in [0.3, 0.4) is 0 Å². The second-order valence-corrected chi connectivity index (χ2v) is 6.47. The molecule has 1 aromatic rings. The molecule has 25 heavy (non-hydrogen) atoms. The Balaban J connectivity index is 1.60. The predicted octanol–water partition coefficient (Wildman–Crippen LogP) is 2.72. The summed E-state index contributed by atoms with van der Waals surface area (Å²) in [7, 11) is 0. The van der Waals surface area contributed by atoms with Crippen LogP contribution in [0, 0.1) is 5.41 Å². The fourth-order valence-corrected chi connectivity index (χ4v) is 2.95. The van der Waals surface area contributed by atoms with Crippen molar-refractivity contribution in [2.24, 2.45) is 26.9 Å². The van der Waals surface area contributed by atoms with E-state index in [0.29, 0.717) is 17.1 Å². The fourth-order valence-electron chi connectivity index (χ4n) is 2.95. The van der Waals surface area contributed by atoms with Gasteiger partial charge >= 0.3 is 6.36 Å².